The highest BCUT2D eigenvalue weighted by atomic mass is 16.2. The molecule has 4 rings (SSSR count). The van der Waals surface area contributed by atoms with Gasteiger partial charge in [-0.05, 0) is 49.6 Å². The van der Waals surface area contributed by atoms with E-state index < -0.39 is 0 Å². The largest absolute Gasteiger partial charge is 0.342 e. The number of aryl methyl sites for hydroxylation is 1. The maximum absolute atomic E-state index is 12.5. The number of H-pyrrole nitrogens is 1. The van der Waals surface area contributed by atoms with Gasteiger partial charge in [-0.25, -0.2) is 9.78 Å². The number of amides is 2. The third kappa shape index (κ3) is 3.33. The third-order valence-electron chi connectivity index (χ3n) is 4.68. The van der Waals surface area contributed by atoms with E-state index in [4.69, 9.17) is 4.98 Å². The van der Waals surface area contributed by atoms with E-state index in [0.29, 0.717) is 6.54 Å². The Bertz CT molecular complexity index is 889. The van der Waals surface area contributed by atoms with Gasteiger partial charge >= 0.3 is 6.03 Å². The fourth-order valence-corrected chi connectivity index (χ4v) is 3.36. The van der Waals surface area contributed by atoms with E-state index in [9.17, 15) is 4.79 Å². The minimum absolute atomic E-state index is 0.0668. The number of fused-ring (bicyclic) bond motifs is 1. The van der Waals surface area contributed by atoms with Crippen molar-refractivity contribution in [2.24, 2.45) is 0 Å². The van der Waals surface area contributed by atoms with E-state index in [1.807, 2.05) is 11.0 Å². The van der Waals surface area contributed by atoms with Crippen LogP contribution < -0.4 is 5.32 Å². The van der Waals surface area contributed by atoms with Gasteiger partial charge in [-0.1, -0.05) is 6.07 Å². The number of likely N-dealkylation sites (tertiary alicyclic amines) is 1. The number of benzene rings is 1. The third-order valence-corrected chi connectivity index (χ3v) is 4.68. The maximum atomic E-state index is 12.5. The lowest BCUT2D eigenvalue weighted by atomic mass is 9.97. The molecule has 1 saturated heterocycles. The lowest BCUT2D eigenvalue weighted by Crippen LogP contribution is -2.41. The van der Waals surface area contributed by atoms with Gasteiger partial charge in [-0.2, -0.15) is 0 Å². The molecule has 1 fully saturated rings. The predicted octanol–water partition coefficient (Wildman–Crippen LogP) is 3.68. The number of carbonyl (C=O) groups is 1. The van der Waals surface area contributed by atoms with Crippen molar-refractivity contribution in [1.29, 1.82) is 0 Å². The van der Waals surface area contributed by atoms with Crippen LogP contribution in [0.25, 0.3) is 11.0 Å². The van der Waals surface area contributed by atoms with Crippen LogP contribution in [0.2, 0.25) is 0 Å². The standard InChI is InChI=1S/C19H21N5O/c1-13-4-5-16-17(11-13)23-18(22-16)14-3-2-10-24(12-14)19(25)21-15-6-8-20-9-7-15/h4-9,11,14H,2-3,10,12H2,1H3,(H,22,23)(H,20,21,25). The van der Waals surface area contributed by atoms with Crippen molar-refractivity contribution in [1.82, 2.24) is 19.9 Å². The van der Waals surface area contributed by atoms with Crippen molar-refractivity contribution in [3.05, 3.63) is 54.1 Å². The van der Waals surface area contributed by atoms with Gasteiger partial charge in [0.2, 0.25) is 0 Å². The van der Waals surface area contributed by atoms with Gasteiger partial charge in [0.15, 0.2) is 0 Å². The average molecular weight is 335 g/mol. The molecule has 128 valence electrons. The molecule has 0 bridgehead atoms. The highest BCUT2D eigenvalue weighted by Crippen LogP contribution is 2.27. The SMILES string of the molecule is Cc1ccc2nc(C3CCCN(C(=O)Nc4ccncc4)C3)[nH]c2c1. The maximum Gasteiger partial charge on any atom is 0.321 e. The van der Waals surface area contributed by atoms with Gasteiger partial charge in [0.25, 0.3) is 0 Å². The molecular weight excluding hydrogens is 314 g/mol. The Labute approximate surface area is 146 Å². The molecule has 1 aromatic carbocycles. The van der Waals surface area contributed by atoms with E-state index in [2.05, 4.69) is 34.3 Å². The summed E-state index contributed by atoms with van der Waals surface area (Å²) >= 11 is 0. The zero-order valence-electron chi connectivity index (χ0n) is 14.2. The summed E-state index contributed by atoms with van der Waals surface area (Å²) in [6, 6.07) is 9.75. The van der Waals surface area contributed by atoms with E-state index in [1.54, 1.807) is 24.5 Å². The molecule has 1 aliphatic rings. The number of rotatable bonds is 2. The van der Waals surface area contributed by atoms with E-state index in [1.165, 1.54) is 5.56 Å². The van der Waals surface area contributed by atoms with Crippen molar-refractivity contribution < 1.29 is 4.79 Å². The Morgan fingerprint density at radius 1 is 1.28 bits per heavy atom. The molecular formula is C19H21N5O. The van der Waals surface area contributed by atoms with E-state index in [-0.39, 0.29) is 11.9 Å². The number of hydrogen-bond donors (Lipinski definition) is 2. The summed E-state index contributed by atoms with van der Waals surface area (Å²) in [6.45, 7) is 3.52. The van der Waals surface area contributed by atoms with Crippen LogP contribution >= 0.6 is 0 Å². The normalized spacial score (nSPS) is 17.6. The molecule has 3 aromatic rings. The van der Waals surface area contributed by atoms with Gasteiger partial charge in [0.1, 0.15) is 5.82 Å². The smallest absolute Gasteiger partial charge is 0.321 e. The first-order valence-corrected chi connectivity index (χ1v) is 8.61. The van der Waals surface area contributed by atoms with Gasteiger partial charge < -0.3 is 15.2 Å². The van der Waals surface area contributed by atoms with Crippen LogP contribution in [0.1, 0.15) is 30.1 Å². The van der Waals surface area contributed by atoms with Gasteiger partial charge in [-0.3, -0.25) is 4.98 Å². The fourth-order valence-electron chi connectivity index (χ4n) is 3.36. The fraction of sp³-hybridized carbons (Fsp3) is 0.316. The molecule has 2 amide bonds. The second kappa shape index (κ2) is 6.55. The number of urea groups is 1. The Morgan fingerprint density at radius 3 is 2.96 bits per heavy atom. The number of aromatic amines is 1. The number of hydrogen-bond acceptors (Lipinski definition) is 3. The van der Waals surface area contributed by atoms with Gasteiger partial charge in [0.05, 0.1) is 11.0 Å². The minimum Gasteiger partial charge on any atom is -0.342 e. The summed E-state index contributed by atoms with van der Waals surface area (Å²) in [6.07, 6.45) is 5.36. The van der Waals surface area contributed by atoms with Crippen LogP contribution in [-0.2, 0) is 0 Å². The Hall–Kier alpha value is -2.89. The quantitative estimate of drug-likeness (QED) is 0.750. The minimum atomic E-state index is -0.0668. The first-order chi connectivity index (χ1) is 12.2. The first-order valence-electron chi connectivity index (χ1n) is 8.61. The zero-order chi connectivity index (χ0) is 17.2. The molecule has 0 saturated carbocycles. The number of piperidine rings is 1. The second-order valence-corrected chi connectivity index (χ2v) is 6.59. The number of nitrogens with one attached hydrogen (secondary N) is 2. The summed E-state index contributed by atoms with van der Waals surface area (Å²) < 4.78 is 0. The van der Waals surface area contributed by atoms with Crippen LogP contribution in [0, 0.1) is 6.92 Å². The molecule has 3 heterocycles. The zero-order valence-corrected chi connectivity index (χ0v) is 14.2. The molecule has 0 aliphatic carbocycles. The highest BCUT2D eigenvalue weighted by molar-refractivity contribution is 5.89. The van der Waals surface area contributed by atoms with Crippen LogP contribution in [0.5, 0.6) is 0 Å². The van der Waals surface area contributed by atoms with Crippen molar-refractivity contribution >= 4 is 22.8 Å². The molecule has 0 radical (unpaired) electrons. The topological polar surface area (TPSA) is 73.9 Å². The molecule has 2 aromatic heterocycles. The second-order valence-electron chi connectivity index (χ2n) is 6.59. The number of pyridine rings is 1. The molecule has 25 heavy (non-hydrogen) atoms. The lowest BCUT2D eigenvalue weighted by Gasteiger charge is -2.31. The van der Waals surface area contributed by atoms with E-state index >= 15 is 0 Å². The molecule has 6 heteroatoms. The van der Waals surface area contributed by atoms with Crippen molar-refractivity contribution in [3.63, 3.8) is 0 Å². The number of aromatic nitrogens is 3. The predicted molar refractivity (Wildman–Crippen MR) is 97.6 cm³/mol. The summed E-state index contributed by atoms with van der Waals surface area (Å²) in [4.78, 5) is 26.5. The summed E-state index contributed by atoms with van der Waals surface area (Å²) in [7, 11) is 0. The van der Waals surface area contributed by atoms with E-state index in [0.717, 1.165) is 41.9 Å². The van der Waals surface area contributed by atoms with Crippen molar-refractivity contribution in [3.8, 4) is 0 Å². The molecule has 1 unspecified atom stereocenters. The van der Waals surface area contributed by atoms with Gasteiger partial charge in [0, 0.05) is 37.1 Å². The molecule has 1 aliphatic heterocycles. The monoisotopic (exact) mass is 335 g/mol. The summed E-state index contributed by atoms with van der Waals surface area (Å²) in [5.74, 6) is 1.21. The Morgan fingerprint density at radius 2 is 2.12 bits per heavy atom. The summed E-state index contributed by atoms with van der Waals surface area (Å²) in [5.41, 5.74) is 4.03. The summed E-state index contributed by atoms with van der Waals surface area (Å²) in [5, 5.41) is 2.93. The van der Waals surface area contributed by atoms with Crippen molar-refractivity contribution in [2.45, 2.75) is 25.7 Å². The Kier molecular flexibility index (Phi) is 4.09. The first kappa shape index (κ1) is 15.6. The van der Waals surface area contributed by atoms with Crippen LogP contribution in [0.3, 0.4) is 0 Å². The van der Waals surface area contributed by atoms with Crippen LogP contribution in [0.15, 0.2) is 42.7 Å². The molecule has 0 spiro atoms. The molecule has 2 N–H and O–H groups in total. The number of carbonyl (C=O) groups excluding carboxylic acids is 1. The highest BCUT2D eigenvalue weighted by Gasteiger charge is 2.26. The lowest BCUT2D eigenvalue weighted by molar-refractivity contribution is 0.191. The van der Waals surface area contributed by atoms with Gasteiger partial charge in [-0.15, -0.1) is 0 Å². The number of anilines is 1. The van der Waals surface area contributed by atoms with Crippen LogP contribution in [0.4, 0.5) is 10.5 Å². The molecule has 6 nitrogen and oxygen atoms in total. The Balaban J connectivity index is 1.49. The number of nitrogens with zero attached hydrogens (tertiary/aromatic N) is 3. The molecule has 1 atom stereocenters. The van der Waals surface area contributed by atoms with Crippen molar-refractivity contribution in [2.75, 3.05) is 18.4 Å². The average Bonchev–Trinajstić information content (AvgIpc) is 3.06. The van der Waals surface area contributed by atoms with Crippen LogP contribution in [-0.4, -0.2) is 39.0 Å². The number of imidazole rings is 1.